The molecule has 0 unspecified atom stereocenters. The fraction of sp³-hybridized carbons (Fsp3) is 0.222. The van der Waals surface area contributed by atoms with E-state index in [-0.39, 0.29) is 5.76 Å². The first-order chi connectivity index (χ1) is 7.15. The molecule has 0 aliphatic carbocycles. The van der Waals surface area contributed by atoms with Gasteiger partial charge in [-0.2, -0.15) is 0 Å². The van der Waals surface area contributed by atoms with Crippen LogP contribution in [0.4, 0.5) is 5.88 Å². The van der Waals surface area contributed by atoms with Gasteiger partial charge in [-0.05, 0) is 6.07 Å². The second-order valence-electron chi connectivity index (χ2n) is 2.61. The maximum Gasteiger partial charge on any atom is 0.433 e. The molecule has 0 saturated heterocycles. The van der Waals surface area contributed by atoms with E-state index >= 15 is 0 Å². The zero-order valence-electron chi connectivity index (χ0n) is 7.73. The van der Waals surface area contributed by atoms with Gasteiger partial charge in [0.15, 0.2) is 5.76 Å². The van der Waals surface area contributed by atoms with Crippen LogP contribution in [0.25, 0.3) is 0 Å². The van der Waals surface area contributed by atoms with Crippen molar-refractivity contribution in [1.82, 2.24) is 5.32 Å². The third kappa shape index (κ3) is 2.84. The normalized spacial score (nSPS) is 9.27. The third-order valence-electron chi connectivity index (χ3n) is 1.55. The highest BCUT2D eigenvalue weighted by Gasteiger charge is 2.16. The summed E-state index contributed by atoms with van der Waals surface area (Å²) in [6, 6.07) is 2.36. The predicted molar refractivity (Wildman–Crippen MR) is 51.1 cm³/mol. The lowest BCUT2D eigenvalue weighted by atomic mass is 10.4. The Morgan fingerprint density at radius 1 is 1.67 bits per heavy atom. The molecule has 1 aromatic rings. The fourth-order valence-corrected chi connectivity index (χ4v) is 0.883. The molecule has 1 amide bonds. The first-order valence-electron chi connectivity index (χ1n) is 4.11. The summed E-state index contributed by atoms with van der Waals surface area (Å²) in [5.41, 5.74) is 0. The van der Waals surface area contributed by atoms with Crippen molar-refractivity contribution in [1.29, 1.82) is 0 Å². The van der Waals surface area contributed by atoms with Crippen molar-refractivity contribution in [2.24, 2.45) is 0 Å². The van der Waals surface area contributed by atoms with Gasteiger partial charge >= 0.3 is 5.88 Å². The molecule has 6 nitrogen and oxygen atoms in total. The monoisotopic (exact) mass is 208 g/mol. The first kappa shape index (κ1) is 10.8. The highest BCUT2D eigenvalue weighted by atomic mass is 16.6. The fourth-order valence-electron chi connectivity index (χ4n) is 0.883. The Bertz CT molecular complexity index is 416. The van der Waals surface area contributed by atoms with E-state index in [9.17, 15) is 14.9 Å². The molecule has 0 aliphatic rings. The van der Waals surface area contributed by atoms with Gasteiger partial charge in [-0.15, -0.1) is 12.3 Å². The highest BCUT2D eigenvalue weighted by molar-refractivity contribution is 5.91. The number of nitrogens with zero attached hydrogens (tertiary/aromatic N) is 1. The van der Waals surface area contributed by atoms with Crippen LogP contribution in [0.2, 0.25) is 0 Å². The number of carbonyl (C=O) groups excluding carboxylic acids is 1. The zero-order valence-corrected chi connectivity index (χ0v) is 7.73. The Hall–Kier alpha value is -2.29. The maximum atomic E-state index is 11.3. The molecule has 6 heteroatoms. The minimum atomic E-state index is -0.710. The summed E-state index contributed by atoms with van der Waals surface area (Å²) >= 11 is 0. The minimum absolute atomic E-state index is 0.0984. The number of amides is 1. The molecule has 0 bridgehead atoms. The summed E-state index contributed by atoms with van der Waals surface area (Å²) in [6.45, 7) is 0.309. The summed E-state index contributed by atoms with van der Waals surface area (Å²) in [5.74, 6) is 1.27. The molecule has 1 N–H and O–H groups in total. The number of nitrogens with one attached hydrogen (secondary N) is 1. The molecule has 0 spiro atoms. The summed E-state index contributed by atoms with van der Waals surface area (Å²) in [4.78, 5) is 20.8. The average Bonchev–Trinajstić information content (AvgIpc) is 2.66. The van der Waals surface area contributed by atoms with E-state index in [0.29, 0.717) is 13.0 Å². The average molecular weight is 208 g/mol. The maximum absolute atomic E-state index is 11.3. The van der Waals surface area contributed by atoms with Crippen LogP contribution in [-0.4, -0.2) is 17.4 Å². The third-order valence-corrected chi connectivity index (χ3v) is 1.55. The van der Waals surface area contributed by atoms with Crippen LogP contribution >= 0.6 is 0 Å². The topological polar surface area (TPSA) is 85.4 Å². The van der Waals surface area contributed by atoms with Crippen LogP contribution in [0.5, 0.6) is 0 Å². The van der Waals surface area contributed by atoms with Gasteiger partial charge in [-0.1, -0.05) is 0 Å². The van der Waals surface area contributed by atoms with Crippen LogP contribution in [0.15, 0.2) is 16.5 Å². The molecule has 0 radical (unpaired) electrons. The Morgan fingerprint density at radius 3 is 2.93 bits per heavy atom. The van der Waals surface area contributed by atoms with Gasteiger partial charge in [0.1, 0.15) is 4.92 Å². The Kier molecular flexibility index (Phi) is 3.46. The Balaban J connectivity index is 2.59. The number of nitro groups is 1. The SMILES string of the molecule is C#CCCNC(=O)c1ccc([N+](=O)[O-])o1. The minimum Gasteiger partial charge on any atom is -0.395 e. The number of rotatable bonds is 4. The number of hydrogen-bond donors (Lipinski definition) is 1. The van der Waals surface area contributed by atoms with Gasteiger partial charge in [0, 0.05) is 13.0 Å². The molecule has 0 aromatic carbocycles. The van der Waals surface area contributed by atoms with Crippen molar-refractivity contribution in [3.63, 3.8) is 0 Å². The van der Waals surface area contributed by atoms with Gasteiger partial charge in [0.05, 0.1) is 6.07 Å². The number of hydrogen-bond acceptors (Lipinski definition) is 4. The second-order valence-corrected chi connectivity index (χ2v) is 2.61. The van der Waals surface area contributed by atoms with E-state index < -0.39 is 16.7 Å². The van der Waals surface area contributed by atoms with Crippen molar-refractivity contribution in [2.45, 2.75) is 6.42 Å². The molecule has 15 heavy (non-hydrogen) atoms. The Morgan fingerprint density at radius 2 is 2.40 bits per heavy atom. The lowest BCUT2D eigenvalue weighted by molar-refractivity contribution is -0.402. The number of carbonyl (C=O) groups is 1. The molecule has 1 aromatic heterocycles. The van der Waals surface area contributed by atoms with Crippen LogP contribution in [-0.2, 0) is 0 Å². The van der Waals surface area contributed by atoms with Crippen molar-refractivity contribution in [2.75, 3.05) is 6.54 Å². The van der Waals surface area contributed by atoms with E-state index in [1.165, 1.54) is 6.07 Å². The summed E-state index contributed by atoms with van der Waals surface area (Å²) in [7, 11) is 0. The molecule has 0 fully saturated rings. The standard InChI is InChI=1S/C9H8N2O4/c1-2-3-6-10-9(12)7-4-5-8(15-7)11(13)14/h1,4-5H,3,6H2,(H,10,12). The van der Waals surface area contributed by atoms with E-state index in [1.54, 1.807) is 0 Å². The lowest BCUT2D eigenvalue weighted by Crippen LogP contribution is -2.23. The second kappa shape index (κ2) is 4.81. The van der Waals surface area contributed by atoms with Crippen LogP contribution in [0.1, 0.15) is 17.0 Å². The molecular formula is C9H8N2O4. The first-order valence-corrected chi connectivity index (χ1v) is 4.11. The highest BCUT2D eigenvalue weighted by Crippen LogP contribution is 2.15. The van der Waals surface area contributed by atoms with Gasteiger partial charge < -0.3 is 9.73 Å². The van der Waals surface area contributed by atoms with Crippen molar-refractivity contribution >= 4 is 11.8 Å². The predicted octanol–water partition coefficient (Wildman–Crippen LogP) is 0.941. The largest absolute Gasteiger partial charge is 0.433 e. The zero-order chi connectivity index (χ0) is 11.3. The summed E-state index contributed by atoms with van der Waals surface area (Å²) in [6.07, 6.45) is 5.38. The van der Waals surface area contributed by atoms with Crippen LogP contribution in [0.3, 0.4) is 0 Å². The van der Waals surface area contributed by atoms with Crippen LogP contribution < -0.4 is 5.32 Å². The molecule has 1 heterocycles. The van der Waals surface area contributed by atoms with E-state index in [0.717, 1.165) is 6.07 Å². The van der Waals surface area contributed by atoms with Crippen LogP contribution in [0, 0.1) is 22.5 Å². The quantitative estimate of drug-likeness (QED) is 0.345. The van der Waals surface area contributed by atoms with E-state index in [1.807, 2.05) is 0 Å². The number of terminal acetylenes is 1. The van der Waals surface area contributed by atoms with Gasteiger partial charge in [0.2, 0.25) is 0 Å². The van der Waals surface area contributed by atoms with E-state index in [4.69, 9.17) is 6.42 Å². The summed E-state index contributed by atoms with van der Waals surface area (Å²) < 4.78 is 4.67. The lowest BCUT2D eigenvalue weighted by Gasteiger charge is -1.97. The van der Waals surface area contributed by atoms with E-state index in [2.05, 4.69) is 15.7 Å². The van der Waals surface area contributed by atoms with Crippen molar-refractivity contribution in [3.8, 4) is 12.3 Å². The number of furan rings is 1. The molecule has 0 saturated carbocycles. The van der Waals surface area contributed by atoms with Crippen molar-refractivity contribution < 1.29 is 14.1 Å². The molecule has 78 valence electrons. The van der Waals surface area contributed by atoms with Gasteiger partial charge in [-0.25, -0.2) is 0 Å². The van der Waals surface area contributed by atoms with Gasteiger partial charge in [0.25, 0.3) is 5.91 Å². The smallest absolute Gasteiger partial charge is 0.395 e. The molecule has 0 aliphatic heterocycles. The van der Waals surface area contributed by atoms with Gasteiger partial charge in [-0.3, -0.25) is 14.9 Å². The van der Waals surface area contributed by atoms with Crippen molar-refractivity contribution in [3.05, 3.63) is 28.0 Å². The molecular weight excluding hydrogens is 200 g/mol. The molecule has 1 rings (SSSR count). The molecule has 0 atom stereocenters. The Labute approximate surface area is 85.4 Å². The summed E-state index contributed by atoms with van der Waals surface area (Å²) in [5, 5.41) is 12.7.